The molecule has 0 spiro atoms. The molecule has 7 nitrogen and oxygen atoms in total. The van der Waals surface area contributed by atoms with Gasteiger partial charge in [-0.1, -0.05) is 18.2 Å². The third-order valence-electron chi connectivity index (χ3n) is 5.34. The highest BCUT2D eigenvalue weighted by Crippen LogP contribution is 2.22. The summed E-state index contributed by atoms with van der Waals surface area (Å²) in [4.78, 5) is 25.9. The lowest BCUT2D eigenvalue weighted by atomic mass is 10.2. The van der Waals surface area contributed by atoms with Gasteiger partial charge in [0.15, 0.2) is 5.69 Å². The number of aromatic nitrogens is 3. The number of morpholine rings is 1. The van der Waals surface area contributed by atoms with E-state index in [-0.39, 0.29) is 5.56 Å². The van der Waals surface area contributed by atoms with Crippen molar-refractivity contribution < 1.29 is 4.74 Å². The molecule has 4 aromatic rings. The van der Waals surface area contributed by atoms with E-state index < -0.39 is 0 Å². The van der Waals surface area contributed by atoms with Crippen LogP contribution in [0.1, 0.15) is 0 Å². The van der Waals surface area contributed by atoms with Crippen molar-refractivity contribution in [3.05, 3.63) is 58.9 Å². The molecule has 0 amide bonds. The third kappa shape index (κ3) is 3.74. The summed E-state index contributed by atoms with van der Waals surface area (Å²) in [6.45, 7) is 5.38. The maximum atomic E-state index is 12.7. The van der Waals surface area contributed by atoms with Gasteiger partial charge in [0.25, 0.3) is 5.56 Å². The summed E-state index contributed by atoms with van der Waals surface area (Å²) in [6, 6.07) is 15.8. The van der Waals surface area contributed by atoms with E-state index in [4.69, 9.17) is 4.74 Å². The van der Waals surface area contributed by atoms with Crippen molar-refractivity contribution in [1.29, 1.82) is 0 Å². The fraction of sp³-hybridized carbons (Fsp3) is 0.273. The Hall–Kier alpha value is -3.16. The van der Waals surface area contributed by atoms with Crippen molar-refractivity contribution in [1.82, 2.24) is 19.9 Å². The molecule has 0 saturated carbocycles. The lowest BCUT2D eigenvalue weighted by Crippen LogP contribution is -2.39. The van der Waals surface area contributed by atoms with Crippen molar-refractivity contribution in [2.75, 3.05) is 44.7 Å². The van der Waals surface area contributed by atoms with Crippen LogP contribution >= 0.6 is 0 Å². The highest BCUT2D eigenvalue weighted by Gasteiger charge is 2.12. The minimum Gasteiger partial charge on any atom is -0.384 e. The number of ether oxygens (including phenoxy) is 1. The number of benzene rings is 2. The van der Waals surface area contributed by atoms with Crippen LogP contribution in [0.25, 0.3) is 33.3 Å². The molecule has 2 aromatic carbocycles. The Bertz CT molecular complexity index is 1170. The van der Waals surface area contributed by atoms with Crippen LogP contribution < -0.4 is 10.9 Å². The molecule has 0 unspecified atom stereocenters. The fourth-order valence-corrected chi connectivity index (χ4v) is 3.76. The van der Waals surface area contributed by atoms with E-state index in [9.17, 15) is 4.79 Å². The predicted molar refractivity (Wildman–Crippen MR) is 115 cm³/mol. The van der Waals surface area contributed by atoms with Gasteiger partial charge in [-0.2, -0.15) is 0 Å². The topological polar surface area (TPSA) is 86.0 Å². The van der Waals surface area contributed by atoms with E-state index >= 15 is 0 Å². The molecule has 2 aromatic heterocycles. The molecular formula is C22H23N5O2. The fourth-order valence-electron chi connectivity index (χ4n) is 3.76. The number of aromatic amines is 2. The second kappa shape index (κ2) is 7.69. The molecule has 5 rings (SSSR count). The maximum Gasteiger partial charge on any atom is 0.276 e. The van der Waals surface area contributed by atoms with Crippen LogP contribution in [-0.2, 0) is 4.74 Å². The van der Waals surface area contributed by atoms with Crippen molar-refractivity contribution in [2.24, 2.45) is 0 Å². The summed E-state index contributed by atoms with van der Waals surface area (Å²) in [5, 5.41) is 4.49. The van der Waals surface area contributed by atoms with Gasteiger partial charge in [0.2, 0.25) is 0 Å². The van der Waals surface area contributed by atoms with Crippen LogP contribution in [0.2, 0.25) is 0 Å². The molecule has 29 heavy (non-hydrogen) atoms. The SMILES string of the molecule is O=c1[nH]c2cc(NCCN3CCOCC3)ccc2nc1-c1cc2ccccc2[nH]1. The lowest BCUT2D eigenvalue weighted by Gasteiger charge is -2.26. The van der Waals surface area contributed by atoms with E-state index in [0.29, 0.717) is 5.69 Å². The first kappa shape index (κ1) is 17.9. The minimum atomic E-state index is -0.200. The molecular weight excluding hydrogens is 366 g/mol. The van der Waals surface area contributed by atoms with Crippen LogP contribution in [0.15, 0.2) is 53.3 Å². The van der Waals surface area contributed by atoms with Gasteiger partial charge in [0.1, 0.15) is 0 Å². The molecule has 3 heterocycles. The van der Waals surface area contributed by atoms with Crippen LogP contribution in [0.4, 0.5) is 5.69 Å². The Morgan fingerprint density at radius 1 is 1.03 bits per heavy atom. The van der Waals surface area contributed by atoms with E-state index in [1.165, 1.54) is 0 Å². The van der Waals surface area contributed by atoms with Gasteiger partial charge >= 0.3 is 0 Å². The number of hydrogen-bond donors (Lipinski definition) is 3. The summed E-state index contributed by atoms with van der Waals surface area (Å²) < 4.78 is 5.38. The molecule has 0 radical (unpaired) electrons. The zero-order chi connectivity index (χ0) is 19.6. The molecule has 1 fully saturated rings. The van der Waals surface area contributed by atoms with E-state index in [2.05, 4.69) is 25.2 Å². The number of anilines is 1. The number of para-hydroxylation sites is 1. The summed E-state index contributed by atoms with van der Waals surface area (Å²) in [6.07, 6.45) is 0. The van der Waals surface area contributed by atoms with Gasteiger partial charge in [-0.15, -0.1) is 0 Å². The van der Waals surface area contributed by atoms with Crippen molar-refractivity contribution >= 4 is 27.6 Å². The first-order chi connectivity index (χ1) is 14.3. The summed E-state index contributed by atoms with van der Waals surface area (Å²) >= 11 is 0. The molecule has 1 aliphatic rings. The summed E-state index contributed by atoms with van der Waals surface area (Å²) in [7, 11) is 0. The van der Waals surface area contributed by atoms with Crippen LogP contribution in [-0.4, -0.2) is 59.2 Å². The molecule has 3 N–H and O–H groups in total. The number of H-pyrrole nitrogens is 2. The third-order valence-corrected chi connectivity index (χ3v) is 5.34. The number of nitrogens with zero attached hydrogens (tertiary/aromatic N) is 2. The van der Waals surface area contributed by atoms with Crippen molar-refractivity contribution in [3.63, 3.8) is 0 Å². The smallest absolute Gasteiger partial charge is 0.276 e. The molecule has 148 valence electrons. The summed E-state index contributed by atoms with van der Waals surface area (Å²) in [5.41, 5.74) is 4.38. The van der Waals surface area contributed by atoms with Crippen LogP contribution in [0.3, 0.4) is 0 Å². The molecule has 0 atom stereocenters. The average Bonchev–Trinajstić information content (AvgIpc) is 3.18. The molecule has 1 aliphatic heterocycles. The number of fused-ring (bicyclic) bond motifs is 2. The minimum absolute atomic E-state index is 0.200. The Labute approximate surface area is 167 Å². The zero-order valence-corrected chi connectivity index (χ0v) is 16.1. The molecule has 0 bridgehead atoms. The predicted octanol–water partition coefficient (Wildman–Crippen LogP) is 2.82. The highest BCUT2D eigenvalue weighted by atomic mass is 16.5. The molecule has 1 saturated heterocycles. The molecule has 7 heteroatoms. The van der Waals surface area contributed by atoms with Gasteiger partial charge in [-0.05, 0) is 30.3 Å². The Morgan fingerprint density at radius 3 is 2.76 bits per heavy atom. The van der Waals surface area contributed by atoms with Crippen LogP contribution in [0.5, 0.6) is 0 Å². The van der Waals surface area contributed by atoms with Gasteiger partial charge in [-0.3, -0.25) is 9.69 Å². The second-order valence-electron chi connectivity index (χ2n) is 7.30. The Kier molecular flexibility index (Phi) is 4.75. The standard InChI is InChI=1S/C22H23N5O2/c28-22-21(20-13-15-3-1-2-4-17(15)24-20)25-18-6-5-16(14-19(18)26-22)23-7-8-27-9-11-29-12-10-27/h1-6,13-14,23-24H,7-12H2,(H,26,28). The van der Waals surface area contributed by atoms with E-state index in [1.54, 1.807) is 0 Å². The number of rotatable bonds is 5. The van der Waals surface area contributed by atoms with Gasteiger partial charge in [-0.25, -0.2) is 4.98 Å². The van der Waals surface area contributed by atoms with E-state index in [0.717, 1.165) is 72.7 Å². The van der Waals surface area contributed by atoms with Crippen molar-refractivity contribution in [3.8, 4) is 11.4 Å². The highest BCUT2D eigenvalue weighted by molar-refractivity contribution is 5.86. The quantitative estimate of drug-likeness (QED) is 0.489. The van der Waals surface area contributed by atoms with Crippen molar-refractivity contribution in [2.45, 2.75) is 0 Å². The second-order valence-corrected chi connectivity index (χ2v) is 7.30. The van der Waals surface area contributed by atoms with Gasteiger partial charge in [0.05, 0.1) is 29.9 Å². The van der Waals surface area contributed by atoms with E-state index in [1.807, 2.05) is 48.5 Å². The molecule has 0 aliphatic carbocycles. The first-order valence-corrected chi connectivity index (χ1v) is 9.92. The largest absolute Gasteiger partial charge is 0.384 e. The van der Waals surface area contributed by atoms with Crippen LogP contribution in [0, 0.1) is 0 Å². The zero-order valence-electron chi connectivity index (χ0n) is 16.1. The lowest BCUT2D eigenvalue weighted by molar-refractivity contribution is 0.0398. The average molecular weight is 389 g/mol. The first-order valence-electron chi connectivity index (χ1n) is 9.92. The Morgan fingerprint density at radius 2 is 1.90 bits per heavy atom. The number of hydrogen-bond acceptors (Lipinski definition) is 5. The summed E-state index contributed by atoms with van der Waals surface area (Å²) in [5.74, 6) is 0. The maximum absolute atomic E-state index is 12.7. The van der Waals surface area contributed by atoms with Gasteiger partial charge in [0, 0.05) is 42.8 Å². The monoisotopic (exact) mass is 389 g/mol. The van der Waals surface area contributed by atoms with Gasteiger partial charge < -0.3 is 20.0 Å². The normalized spacial score (nSPS) is 15.2. The number of nitrogens with one attached hydrogen (secondary N) is 3. The Balaban J connectivity index is 1.36.